The average Bonchev–Trinajstić information content (AvgIpc) is 2.27. The number of ether oxygens (including phenoxy) is 1. The molecule has 15 heavy (non-hydrogen) atoms. The highest BCUT2D eigenvalue weighted by atomic mass is 16.5. The molecule has 0 aromatic heterocycles. The lowest BCUT2D eigenvalue weighted by Gasteiger charge is -2.38. The Kier molecular flexibility index (Phi) is 4.54. The lowest BCUT2D eigenvalue weighted by atomic mass is 10.0. The Bertz CT molecular complexity index is 213. The van der Waals surface area contributed by atoms with Gasteiger partial charge in [0, 0.05) is 32.2 Å². The van der Waals surface area contributed by atoms with Gasteiger partial charge < -0.3 is 9.64 Å². The smallest absolute Gasteiger partial charge is 0.309 e. The second-order valence-corrected chi connectivity index (χ2v) is 4.39. The minimum absolute atomic E-state index is 0.0431. The van der Waals surface area contributed by atoms with Crippen molar-refractivity contribution in [2.75, 3.05) is 40.3 Å². The van der Waals surface area contributed by atoms with Crippen LogP contribution in [0.1, 0.15) is 13.8 Å². The largest absolute Gasteiger partial charge is 0.469 e. The van der Waals surface area contributed by atoms with Gasteiger partial charge in [-0.2, -0.15) is 0 Å². The van der Waals surface area contributed by atoms with E-state index in [2.05, 4.69) is 23.8 Å². The maximum Gasteiger partial charge on any atom is 0.309 e. The minimum Gasteiger partial charge on any atom is -0.469 e. The molecule has 1 saturated heterocycles. The van der Waals surface area contributed by atoms with Gasteiger partial charge in [-0.1, -0.05) is 6.92 Å². The molecular weight excluding hydrogens is 192 g/mol. The van der Waals surface area contributed by atoms with E-state index in [1.54, 1.807) is 0 Å². The molecule has 1 rings (SSSR count). The summed E-state index contributed by atoms with van der Waals surface area (Å²) in [5.41, 5.74) is 0. The highest BCUT2D eigenvalue weighted by Gasteiger charge is 2.27. The van der Waals surface area contributed by atoms with Gasteiger partial charge in [0.1, 0.15) is 0 Å². The highest BCUT2D eigenvalue weighted by Crippen LogP contribution is 2.14. The molecule has 0 bridgehead atoms. The standard InChI is InChI=1S/C11H22N2O2/c1-9(11(14)15-4)10(2)13-7-5-12(3)6-8-13/h9-10H,5-8H2,1-4H3. The lowest BCUT2D eigenvalue weighted by molar-refractivity contribution is -0.147. The van der Waals surface area contributed by atoms with Gasteiger partial charge in [-0.05, 0) is 14.0 Å². The van der Waals surface area contributed by atoms with Crippen LogP contribution in [-0.2, 0) is 9.53 Å². The maximum absolute atomic E-state index is 11.4. The zero-order chi connectivity index (χ0) is 11.4. The van der Waals surface area contributed by atoms with Crippen molar-refractivity contribution in [3.63, 3.8) is 0 Å². The van der Waals surface area contributed by atoms with E-state index in [-0.39, 0.29) is 17.9 Å². The number of carbonyl (C=O) groups excluding carboxylic acids is 1. The van der Waals surface area contributed by atoms with E-state index in [0.717, 1.165) is 26.2 Å². The molecule has 2 atom stereocenters. The van der Waals surface area contributed by atoms with Crippen LogP contribution in [0.5, 0.6) is 0 Å². The summed E-state index contributed by atoms with van der Waals surface area (Å²) in [4.78, 5) is 16.1. The third-order valence-electron chi connectivity index (χ3n) is 3.41. The Labute approximate surface area is 92.2 Å². The molecule has 0 aromatic rings. The van der Waals surface area contributed by atoms with Crippen molar-refractivity contribution < 1.29 is 9.53 Å². The zero-order valence-corrected chi connectivity index (χ0v) is 10.2. The summed E-state index contributed by atoms with van der Waals surface area (Å²) in [6.45, 7) is 8.29. The normalized spacial score (nSPS) is 23.5. The van der Waals surface area contributed by atoms with Gasteiger partial charge in [0.25, 0.3) is 0 Å². The second kappa shape index (κ2) is 5.47. The molecule has 0 aromatic carbocycles. The van der Waals surface area contributed by atoms with Crippen LogP contribution in [0.15, 0.2) is 0 Å². The number of esters is 1. The van der Waals surface area contributed by atoms with E-state index in [4.69, 9.17) is 4.74 Å². The molecule has 1 aliphatic rings. The van der Waals surface area contributed by atoms with Crippen molar-refractivity contribution in [3.8, 4) is 0 Å². The molecule has 0 amide bonds. The first kappa shape index (κ1) is 12.5. The molecule has 0 radical (unpaired) electrons. The number of piperazine rings is 1. The van der Waals surface area contributed by atoms with Crippen molar-refractivity contribution in [1.29, 1.82) is 0 Å². The van der Waals surface area contributed by atoms with Crippen molar-refractivity contribution in [3.05, 3.63) is 0 Å². The molecule has 1 fully saturated rings. The number of hydrogen-bond acceptors (Lipinski definition) is 4. The number of carbonyl (C=O) groups is 1. The van der Waals surface area contributed by atoms with Crippen LogP contribution in [0.4, 0.5) is 0 Å². The first-order valence-corrected chi connectivity index (χ1v) is 5.56. The maximum atomic E-state index is 11.4. The molecular formula is C11H22N2O2. The molecule has 0 spiro atoms. The van der Waals surface area contributed by atoms with Crippen molar-refractivity contribution in [2.45, 2.75) is 19.9 Å². The Morgan fingerprint density at radius 1 is 1.20 bits per heavy atom. The highest BCUT2D eigenvalue weighted by molar-refractivity contribution is 5.72. The van der Waals surface area contributed by atoms with Crippen molar-refractivity contribution in [1.82, 2.24) is 9.80 Å². The fraction of sp³-hybridized carbons (Fsp3) is 0.909. The fourth-order valence-corrected chi connectivity index (χ4v) is 1.93. The fourth-order valence-electron chi connectivity index (χ4n) is 1.93. The molecule has 2 unspecified atom stereocenters. The van der Waals surface area contributed by atoms with E-state index < -0.39 is 0 Å². The van der Waals surface area contributed by atoms with Gasteiger partial charge in [0.15, 0.2) is 0 Å². The third kappa shape index (κ3) is 3.18. The van der Waals surface area contributed by atoms with E-state index in [9.17, 15) is 4.79 Å². The molecule has 1 heterocycles. The van der Waals surface area contributed by atoms with Crippen LogP contribution in [0, 0.1) is 5.92 Å². The number of hydrogen-bond donors (Lipinski definition) is 0. The van der Waals surface area contributed by atoms with Crippen LogP contribution in [0.25, 0.3) is 0 Å². The summed E-state index contributed by atoms with van der Waals surface area (Å²) < 4.78 is 4.77. The predicted octanol–water partition coefficient (Wildman–Crippen LogP) is 0.431. The Morgan fingerprint density at radius 2 is 1.73 bits per heavy atom. The Hall–Kier alpha value is -0.610. The topological polar surface area (TPSA) is 32.8 Å². The van der Waals surface area contributed by atoms with E-state index >= 15 is 0 Å². The van der Waals surface area contributed by atoms with E-state index in [1.807, 2.05) is 6.92 Å². The van der Waals surface area contributed by atoms with Gasteiger partial charge in [-0.25, -0.2) is 0 Å². The van der Waals surface area contributed by atoms with Crippen molar-refractivity contribution >= 4 is 5.97 Å². The first-order chi connectivity index (χ1) is 7.06. The molecule has 88 valence electrons. The second-order valence-electron chi connectivity index (χ2n) is 4.39. The number of rotatable bonds is 3. The predicted molar refractivity (Wildman–Crippen MR) is 59.7 cm³/mol. The molecule has 0 N–H and O–H groups in total. The van der Waals surface area contributed by atoms with Gasteiger partial charge in [0.2, 0.25) is 0 Å². The van der Waals surface area contributed by atoms with Gasteiger partial charge in [-0.15, -0.1) is 0 Å². The van der Waals surface area contributed by atoms with Crippen LogP contribution in [0.3, 0.4) is 0 Å². The van der Waals surface area contributed by atoms with Crippen molar-refractivity contribution in [2.24, 2.45) is 5.92 Å². The summed E-state index contributed by atoms with van der Waals surface area (Å²) in [6.07, 6.45) is 0. The summed E-state index contributed by atoms with van der Waals surface area (Å²) >= 11 is 0. The number of nitrogens with zero attached hydrogens (tertiary/aromatic N) is 2. The van der Waals surface area contributed by atoms with Crippen LogP contribution in [0.2, 0.25) is 0 Å². The summed E-state index contributed by atoms with van der Waals surface area (Å²) in [6, 6.07) is 0.270. The molecule has 4 nitrogen and oxygen atoms in total. The lowest BCUT2D eigenvalue weighted by Crippen LogP contribution is -2.51. The average molecular weight is 214 g/mol. The molecule has 0 saturated carbocycles. The summed E-state index contributed by atoms with van der Waals surface area (Å²) in [7, 11) is 3.58. The van der Waals surface area contributed by atoms with Crippen LogP contribution in [-0.4, -0.2) is 62.1 Å². The van der Waals surface area contributed by atoms with E-state index in [1.165, 1.54) is 7.11 Å². The molecule has 0 aliphatic carbocycles. The minimum atomic E-state index is -0.110. The van der Waals surface area contributed by atoms with Crippen LogP contribution >= 0.6 is 0 Å². The Morgan fingerprint density at radius 3 is 2.20 bits per heavy atom. The number of methoxy groups -OCH3 is 1. The number of likely N-dealkylation sites (N-methyl/N-ethyl adjacent to an activating group) is 1. The quantitative estimate of drug-likeness (QED) is 0.638. The monoisotopic (exact) mass is 214 g/mol. The first-order valence-electron chi connectivity index (χ1n) is 5.56. The van der Waals surface area contributed by atoms with Gasteiger partial charge in [-0.3, -0.25) is 9.69 Å². The SMILES string of the molecule is COC(=O)C(C)C(C)N1CCN(C)CC1. The molecule has 1 aliphatic heterocycles. The summed E-state index contributed by atoms with van der Waals surface area (Å²) in [5.74, 6) is -0.153. The molecule has 4 heteroatoms. The van der Waals surface area contributed by atoms with Gasteiger partial charge in [0.05, 0.1) is 13.0 Å². The third-order valence-corrected chi connectivity index (χ3v) is 3.41. The summed E-state index contributed by atoms with van der Waals surface area (Å²) in [5, 5.41) is 0. The van der Waals surface area contributed by atoms with E-state index in [0.29, 0.717) is 0 Å². The zero-order valence-electron chi connectivity index (χ0n) is 10.2. The van der Waals surface area contributed by atoms with Crippen LogP contribution < -0.4 is 0 Å². The van der Waals surface area contributed by atoms with Gasteiger partial charge >= 0.3 is 5.97 Å². The Balaban J connectivity index is 2.45.